The summed E-state index contributed by atoms with van der Waals surface area (Å²) in [4.78, 5) is 4.19. The molecule has 0 aromatic carbocycles. The van der Waals surface area contributed by atoms with Crippen molar-refractivity contribution in [2.75, 3.05) is 5.32 Å². The molecule has 0 atom stereocenters. The van der Waals surface area contributed by atoms with Gasteiger partial charge >= 0.3 is 6.01 Å². The lowest BCUT2D eigenvalue weighted by molar-refractivity contribution is 0.530. The lowest BCUT2D eigenvalue weighted by Gasteiger charge is -2.03. The van der Waals surface area contributed by atoms with Crippen molar-refractivity contribution >= 4 is 6.01 Å². The van der Waals surface area contributed by atoms with Crippen LogP contribution < -0.4 is 5.32 Å². The molecule has 1 N–H and O–H groups in total. The van der Waals surface area contributed by atoms with Crippen LogP contribution in [0.25, 0.3) is 0 Å². The second-order valence-corrected chi connectivity index (χ2v) is 3.23. The standard InChI is InChI=1S/C10H12N4O/c1-7-9(4-3-5-11-7)6-12-10-14-13-8(2)15-10/h3-5H,6H2,1-2H3,(H,12,14). The van der Waals surface area contributed by atoms with Crippen LogP contribution in [0, 0.1) is 13.8 Å². The number of rotatable bonds is 3. The molecule has 0 aliphatic heterocycles. The normalized spacial score (nSPS) is 10.3. The van der Waals surface area contributed by atoms with Gasteiger partial charge in [0.1, 0.15) is 0 Å². The minimum atomic E-state index is 0.441. The average molecular weight is 204 g/mol. The molecule has 2 aromatic rings. The predicted octanol–water partition coefficient (Wildman–Crippen LogP) is 1.69. The van der Waals surface area contributed by atoms with Gasteiger partial charge in [-0.25, -0.2) is 0 Å². The van der Waals surface area contributed by atoms with E-state index in [0.717, 1.165) is 11.3 Å². The Hall–Kier alpha value is -1.91. The van der Waals surface area contributed by atoms with Crippen molar-refractivity contribution in [2.45, 2.75) is 20.4 Å². The Kier molecular flexibility index (Phi) is 2.62. The Balaban J connectivity index is 2.02. The minimum Gasteiger partial charge on any atom is -0.408 e. The van der Waals surface area contributed by atoms with Gasteiger partial charge in [0.15, 0.2) is 0 Å². The van der Waals surface area contributed by atoms with Crippen LogP contribution in [-0.4, -0.2) is 15.2 Å². The quantitative estimate of drug-likeness (QED) is 0.824. The Morgan fingerprint density at radius 3 is 2.87 bits per heavy atom. The third kappa shape index (κ3) is 2.31. The lowest BCUT2D eigenvalue weighted by atomic mass is 10.2. The first-order valence-corrected chi connectivity index (χ1v) is 4.70. The molecule has 0 aliphatic rings. The van der Waals surface area contributed by atoms with E-state index in [1.165, 1.54) is 0 Å². The maximum absolute atomic E-state index is 5.19. The van der Waals surface area contributed by atoms with E-state index in [1.807, 2.05) is 19.1 Å². The Morgan fingerprint density at radius 2 is 2.20 bits per heavy atom. The van der Waals surface area contributed by atoms with Crippen molar-refractivity contribution in [3.05, 3.63) is 35.5 Å². The van der Waals surface area contributed by atoms with Crippen LogP contribution in [0.4, 0.5) is 6.01 Å². The summed E-state index contributed by atoms with van der Waals surface area (Å²) in [7, 11) is 0. The molecule has 0 unspecified atom stereocenters. The van der Waals surface area contributed by atoms with Crippen LogP contribution in [0.1, 0.15) is 17.1 Å². The number of nitrogens with zero attached hydrogens (tertiary/aromatic N) is 3. The summed E-state index contributed by atoms with van der Waals surface area (Å²) >= 11 is 0. The zero-order chi connectivity index (χ0) is 10.7. The topological polar surface area (TPSA) is 63.8 Å². The Morgan fingerprint density at radius 1 is 1.33 bits per heavy atom. The van der Waals surface area contributed by atoms with Crippen molar-refractivity contribution in [2.24, 2.45) is 0 Å². The molecule has 2 heterocycles. The largest absolute Gasteiger partial charge is 0.408 e. The van der Waals surface area contributed by atoms with Gasteiger partial charge in [-0.3, -0.25) is 4.98 Å². The molecule has 0 aliphatic carbocycles. The first-order valence-electron chi connectivity index (χ1n) is 4.70. The van der Waals surface area contributed by atoms with Gasteiger partial charge in [0.2, 0.25) is 5.89 Å². The number of pyridine rings is 1. The number of aromatic nitrogens is 3. The van der Waals surface area contributed by atoms with E-state index in [0.29, 0.717) is 18.5 Å². The number of hydrogen-bond acceptors (Lipinski definition) is 5. The van der Waals surface area contributed by atoms with Crippen molar-refractivity contribution < 1.29 is 4.42 Å². The predicted molar refractivity (Wildman–Crippen MR) is 55.3 cm³/mol. The number of hydrogen-bond donors (Lipinski definition) is 1. The highest BCUT2D eigenvalue weighted by molar-refractivity contribution is 5.25. The summed E-state index contributed by atoms with van der Waals surface area (Å²) in [5.74, 6) is 0.556. The van der Waals surface area contributed by atoms with E-state index in [1.54, 1.807) is 13.1 Å². The molecule has 0 radical (unpaired) electrons. The fraction of sp³-hybridized carbons (Fsp3) is 0.300. The Labute approximate surface area is 87.6 Å². The summed E-state index contributed by atoms with van der Waals surface area (Å²) in [6.45, 7) is 4.37. The maximum Gasteiger partial charge on any atom is 0.315 e. The van der Waals surface area contributed by atoms with Crippen LogP contribution in [0.5, 0.6) is 0 Å². The molecular formula is C10H12N4O. The molecule has 0 fully saturated rings. The van der Waals surface area contributed by atoms with Gasteiger partial charge in [0.25, 0.3) is 0 Å². The molecule has 0 amide bonds. The van der Waals surface area contributed by atoms with Crippen LogP contribution >= 0.6 is 0 Å². The van der Waals surface area contributed by atoms with Gasteiger partial charge in [0, 0.05) is 25.4 Å². The first-order chi connectivity index (χ1) is 7.25. The number of anilines is 1. The van der Waals surface area contributed by atoms with Gasteiger partial charge in [-0.2, -0.15) is 0 Å². The molecule has 0 saturated heterocycles. The van der Waals surface area contributed by atoms with Gasteiger partial charge in [-0.15, -0.1) is 5.10 Å². The molecule has 5 heteroatoms. The van der Waals surface area contributed by atoms with Gasteiger partial charge in [-0.05, 0) is 18.6 Å². The highest BCUT2D eigenvalue weighted by Crippen LogP contribution is 2.08. The zero-order valence-electron chi connectivity index (χ0n) is 8.69. The maximum atomic E-state index is 5.19. The van der Waals surface area contributed by atoms with Crippen LogP contribution in [0.3, 0.4) is 0 Å². The molecule has 0 spiro atoms. The second-order valence-electron chi connectivity index (χ2n) is 3.23. The summed E-state index contributed by atoms with van der Waals surface area (Å²) in [6, 6.07) is 4.36. The third-order valence-electron chi connectivity index (χ3n) is 2.07. The van der Waals surface area contributed by atoms with Crippen LogP contribution in [-0.2, 0) is 6.54 Å². The third-order valence-corrected chi connectivity index (χ3v) is 2.07. The van der Waals surface area contributed by atoms with E-state index in [-0.39, 0.29) is 0 Å². The molecule has 0 saturated carbocycles. The number of aryl methyl sites for hydroxylation is 2. The van der Waals surface area contributed by atoms with Crippen LogP contribution in [0.2, 0.25) is 0 Å². The molecule has 2 aromatic heterocycles. The highest BCUT2D eigenvalue weighted by Gasteiger charge is 2.02. The molecular weight excluding hydrogens is 192 g/mol. The van der Waals surface area contributed by atoms with E-state index in [9.17, 15) is 0 Å². The molecule has 0 bridgehead atoms. The van der Waals surface area contributed by atoms with Gasteiger partial charge in [-0.1, -0.05) is 11.2 Å². The summed E-state index contributed by atoms with van der Waals surface area (Å²) in [6.07, 6.45) is 1.77. The smallest absolute Gasteiger partial charge is 0.315 e. The summed E-state index contributed by atoms with van der Waals surface area (Å²) in [5, 5.41) is 10.6. The van der Waals surface area contributed by atoms with E-state index < -0.39 is 0 Å². The van der Waals surface area contributed by atoms with Crippen molar-refractivity contribution in [1.29, 1.82) is 0 Å². The average Bonchev–Trinajstić information content (AvgIpc) is 2.63. The molecule has 78 valence electrons. The van der Waals surface area contributed by atoms with Crippen molar-refractivity contribution in [1.82, 2.24) is 15.2 Å². The zero-order valence-corrected chi connectivity index (χ0v) is 8.69. The van der Waals surface area contributed by atoms with E-state index in [2.05, 4.69) is 20.5 Å². The molecule has 2 rings (SSSR count). The fourth-order valence-corrected chi connectivity index (χ4v) is 1.24. The SMILES string of the molecule is Cc1nnc(NCc2cccnc2C)o1. The van der Waals surface area contributed by atoms with Crippen LogP contribution in [0.15, 0.2) is 22.7 Å². The van der Waals surface area contributed by atoms with Crippen molar-refractivity contribution in [3.63, 3.8) is 0 Å². The van der Waals surface area contributed by atoms with Crippen molar-refractivity contribution in [3.8, 4) is 0 Å². The van der Waals surface area contributed by atoms with Gasteiger partial charge in [0.05, 0.1) is 0 Å². The minimum absolute atomic E-state index is 0.441. The molecule has 5 nitrogen and oxygen atoms in total. The monoisotopic (exact) mass is 204 g/mol. The summed E-state index contributed by atoms with van der Waals surface area (Å²) in [5.41, 5.74) is 2.12. The second kappa shape index (κ2) is 4.08. The summed E-state index contributed by atoms with van der Waals surface area (Å²) < 4.78 is 5.19. The first kappa shape index (κ1) is 9.64. The number of nitrogens with one attached hydrogen (secondary N) is 1. The van der Waals surface area contributed by atoms with Gasteiger partial charge < -0.3 is 9.73 Å². The lowest BCUT2D eigenvalue weighted by Crippen LogP contribution is -2.02. The fourth-order valence-electron chi connectivity index (χ4n) is 1.24. The van der Waals surface area contributed by atoms with E-state index >= 15 is 0 Å². The molecule has 15 heavy (non-hydrogen) atoms. The Bertz CT molecular complexity index is 452. The van der Waals surface area contributed by atoms with E-state index in [4.69, 9.17) is 4.42 Å². The highest BCUT2D eigenvalue weighted by atomic mass is 16.4.